The molecule has 2 N–H and O–H groups in total. The van der Waals surface area contributed by atoms with E-state index < -0.39 is 0 Å². The Morgan fingerprint density at radius 1 is 1.64 bits per heavy atom. The fourth-order valence-corrected chi connectivity index (χ4v) is 0.628. The van der Waals surface area contributed by atoms with Crippen molar-refractivity contribution in [1.82, 2.24) is 4.98 Å². The SMILES string of the molecule is Nc1cnccc1N=CC=O. The van der Waals surface area contributed by atoms with Crippen molar-refractivity contribution in [2.45, 2.75) is 0 Å². The highest BCUT2D eigenvalue weighted by Gasteiger charge is 1.91. The number of aromatic nitrogens is 1. The maximum Gasteiger partial charge on any atom is 0.161 e. The number of anilines is 1. The summed E-state index contributed by atoms with van der Waals surface area (Å²) in [5.41, 5.74) is 6.49. The van der Waals surface area contributed by atoms with E-state index in [2.05, 4.69) is 9.98 Å². The molecule has 1 aromatic heterocycles. The van der Waals surface area contributed by atoms with E-state index >= 15 is 0 Å². The number of hydrogen-bond acceptors (Lipinski definition) is 4. The van der Waals surface area contributed by atoms with Crippen molar-refractivity contribution in [3.05, 3.63) is 18.5 Å². The minimum absolute atomic E-state index is 0.464. The van der Waals surface area contributed by atoms with Gasteiger partial charge in [-0.3, -0.25) is 14.8 Å². The van der Waals surface area contributed by atoms with Crippen molar-refractivity contribution in [3.8, 4) is 0 Å². The maximum atomic E-state index is 9.88. The van der Waals surface area contributed by atoms with Gasteiger partial charge in [-0.1, -0.05) is 0 Å². The number of nitrogens with zero attached hydrogens (tertiary/aromatic N) is 2. The Morgan fingerprint density at radius 3 is 3.09 bits per heavy atom. The van der Waals surface area contributed by atoms with Crippen LogP contribution in [0.2, 0.25) is 0 Å². The number of nitrogen functional groups attached to an aromatic ring is 1. The molecule has 11 heavy (non-hydrogen) atoms. The summed E-state index contributed by atoms with van der Waals surface area (Å²) in [7, 11) is 0. The van der Waals surface area contributed by atoms with Crippen LogP contribution in [0.4, 0.5) is 11.4 Å². The minimum Gasteiger partial charge on any atom is -0.396 e. The average molecular weight is 149 g/mol. The van der Waals surface area contributed by atoms with Crippen molar-refractivity contribution in [2.24, 2.45) is 4.99 Å². The van der Waals surface area contributed by atoms with Gasteiger partial charge in [0.15, 0.2) is 6.29 Å². The van der Waals surface area contributed by atoms with E-state index in [1.807, 2.05) is 0 Å². The molecular formula is C7H7N3O. The minimum atomic E-state index is 0.464. The van der Waals surface area contributed by atoms with Crippen LogP contribution in [-0.2, 0) is 4.79 Å². The molecule has 0 radical (unpaired) electrons. The fraction of sp³-hybridized carbons (Fsp3) is 0. The Bertz CT molecular complexity index is 283. The van der Waals surface area contributed by atoms with Crippen LogP contribution in [0.15, 0.2) is 23.5 Å². The lowest BCUT2D eigenvalue weighted by molar-refractivity contribution is -0.102. The van der Waals surface area contributed by atoms with Crippen LogP contribution in [0.5, 0.6) is 0 Å². The van der Waals surface area contributed by atoms with Gasteiger partial charge in [-0.2, -0.15) is 0 Å². The van der Waals surface area contributed by atoms with Gasteiger partial charge >= 0.3 is 0 Å². The molecule has 1 aromatic rings. The summed E-state index contributed by atoms with van der Waals surface area (Å²) in [4.78, 5) is 17.4. The monoisotopic (exact) mass is 149 g/mol. The van der Waals surface area contributed by atoms with E-state index in [-0.39, 0.29) is 0 Å². The van der Waals surface area contributed by atoms with E-state index in [0.717, 1.165) is 6.21 Å². The highest BCUT2D eigenvalue weighted by atomic mass is 16.1. The first-order valence-electron chi connectivity index (χ1n) is 3.02. The third-order valence-corrected chi connectivity index (χ3v) is 1.10. The molecule has 1 heterocycles. The van der Waals surface area contributed by atoms with Gasteiger partial charge in [-0.15, -0.1) is 0 Å². The molecule has 4 nitrogen and oxygen atoms in total. The zero-order chi connectivity index (χ0) is 8.10. The van der Waals surface area contributed by atoms with Crippen molar-refractivity contribution in [1.29, 1.82) is 0 Å². The summed E-state index contributed by atoms with van der Waals surface area (Å²) in [6.45, 7) is 0. The van der Waals surface area contributed by atoms with Gasteiger partial charge < -0.3 is 5.73 Å². The quantitative estimate of drug-likeness (QED) is 0.493. The number of carbonyl (C=O) groups is 1. The van der Waals surface area contributed by atoms with E-state index in [0.29, 0.717) is 17.7 Å². The van der Waals surface area contributed by atoms with Crippen LogP contribution in [-0.4, -0.2) is 17.5 Å². The highest BCUT2D eigenvalue weighted by Crippen LogP contribution is 2.17. The van der Waals surface area contributed by atoms with E-state index in [4.69, 9.17) is 5.73 Å². The van der Waals surface area contributed by atoms with Gasteiger partial charge in [-0.25, -0.2) is 0 Å². The third kappa shape index (κ3) is 1.86. The van der Waals surface area contributed by atoms with Gasteiger partial charge in [0, 0.05) is 6.20 Å². The van der Waals surface area contributed by atoms with Crippen molar-refractivity contribution in [2.75, 3.05) is 5.73 Å². The summed E-state index contributed by atoms with van der Waals surface area (Å²) in [6.07, 6.45) is 4.79. The molecule has 0 unspecified atom stereocenters. The lowest BCUT2D eigenvalue weighted by Gasteiger charge is -1.94. The molecule has 0 bridgehead atoms. The second-order valence-corrected chi connectivity index (χ2v) is 1.85. The molecule has 0 amide bonds. The molecular weight excluding hydrogens is 142 g/mol. The lowest BCUT2D eigenvalue weighted by atomic mass is 10.4. The van der Waals surface area contributed by atoms with Crippen molar-refractivity contribution >= 4 is 23.9 Å². The van der Waals surface area contributed by atoms with Crippen LogP contribution in [0, 0.1) is 0 Å². The van der Waals surface area contributed by atoms with Gasteiger partial charge in [0.1, 0.15) is 0 Å². The number of carbonyl (C=O) groups excluding carboxylic acids is 1. The van der Waals surface area contributed by atoms with Crippen LogP contribution < -0.4 is 5.73 Å². The normalized spacial score (nSPS) is 10.2. The molecule has 0 aliphatic rings. The molecule has 0 aromatic carbocycles. The Morgan fingerprint density at radius 2 is 2.45 bits per heavy atom. The van der Waals surface area contributed by atoms with Crippen LogP contribution in [0.25, 0.3) is 0 Å². The molecule has 0 aliphatic carbocycles. The zero-order valence-corrected chi connectivity index (χ0v) is 5.77. The number of aldehydes is 1. The van der Waals surface area contributed by atoms with E-state index in [1.165, 1.54) is 6.20 Å². The fourth-order valence-electron chi connectivity index (χ4n) is 0.628. The molecule has 0 fully saturated rings. The first kappa shape index (κ1) is 7.40. The summed E-state index contributed by atoms with van der Waals surface area (Å²) in [6, 6.07) is 1.63. The first-order chi connectivity index (χ1) is 5.34. The molecule has 0 saturated carbocycles. The largest absolute Gasteiger partial charge is 0.396 e. The molecule has 0 atom stereocenters. The summed E-state index contributed by atoms with van der Waals surface area (Å²) in [5, 5.41) is 0. The number of aliphatic imine (C=N–C) groups is 1. The van der Waals surface area contributed by atoms with E-state index in [1.54, 1.807) is 12.3 Å². The molecule has 0 spiro atoms. The molecule has 0 aliphatic heterocycles. The van der Waals surface area contributed by atoms with Gasteiger partial charge in [0.25, 0.3) is 0 Å². The topological polar surface area (TPSA) is 68.3 Å². The number of hydrogen-bond donors (Lipinski definition) is 1. The summed E-state index contributed by atoms with van der Waals surface area (Å²) >= 11 is 0. The number of rotatable bonds is 2. The second kappa shape index (κ2) is 3.46. The Kier molecular flexibility index (Phi) is 2.32. The standard InChI is InChI=1S/C7H7N3O/c8-6-5-9-2-1-7(6)10-3-4-11/h1-5H,8H2. The molecule has 0 saturated heterocycles. The van der Waals surface area contributed by atoms with E-state index in [9.17, 15) is 4.79 Å². The van der Waals surface area contributed by atoms with Crippen LogP contribution in [0.3, 0.4) is 0 Å². The maximum absolute atomic E-state index is 9.88. The molecule has 1 rings (SSSR count). The Balaban J connectivity index is 2.94. The highest BCUT2D eigenvalue weighted by molar-refractivity contribution is 6.13. The predicted octanol–water partition coefficient (Wildman–Crippen LogP) is 0.565. The number of nitrogens with two attached hydrogens (primary N) is 1. The van der Waals surface area contributed by atoms with Gasteiger partial charge in [0.05, 0.1) is 23.8 Å². The molecule has 56 valence electrons. The predicted molar refractivity (Wildman–Crippen MR) is 42.9 cm³/mol. The van der Waals surface area contributed by atoms with Gasteiger partial charge in [0.2, 0.25) is 0 Å². The Labute approximate surface area is 63.8 Å². The van der Waals surface area contributed by atoms with Gasteiger partial charge in [-0.05, 0) is 6.07 Å². The first-order valence-corrected chi connectivity index (χ1v) is 3.02. The molecule has 4 heteroatoms. The Hall–Kier alpha value is -1.71. The zero-order valence-electron chi connectivity index (χ0n) is 5.77. The van der Waals surface area contributed by atoms with Crippen LogP contribution >= 0.6 is 0 Å². The van der Waals surface area contributed by atoms with Crippen LogP contribution in [0.1, 0.15) is 0 Å². The average Bonchev–Trinajstić information content (AvgIpc) is 2.03. The van der Waals surface area contributed by atoms with Crippen molar-refractivity contribution in [3.63, 3.8) is 0 Å². The van der Waals surface area contributed by atoms with Crippen molar-refractivity contribution < 1.29 is 4.79 Å². The summed E-state index contributed by atoms with van der Waals surface area (Å²) in [5.74, 6) is 0. The smallest absolute Gasteiger partial charge is 0.161 e. The summed E-state index contributed by atoms with van der Waals surface area (Å²) < 4.78 is 0. The number of pyridine rings is 1. The second-order valence-electron chi connectivity index (χ2n) is 1.85. The third-order valence-electron chi connectivity index (χ3n) is 1.10. The lowest BCUT2D eigenvalue weighted by Crippen LogP contribution is -1.86.